The van der Waals surface area contributed by atoms with E-state index in [2.05, 4.69) is 30.6 Å². The average Bonchev–Trinajstić information content (AvgIpc) is 2.98. The summed E-state index contributed by atoms with van der Waals surface area (Å²) in [6.07, 6.45) is 1.00. The van der Waals surface area contributed by atoms with Gasteiger partial charge in [-0.2, -0.15) is 4.98 Å². The predicted octanol–water partition coefficient (Wildman–Crippen LogP) is 2.06. The first kappa shape index (κ1) is 19.5. The Balaban J connectivity index is 1.91. The molecule has 0 radical (unpaired) electrons. The first-order valence-electron chi connectivity index (χ1n) is 8.45. The summed E-state index contributed by atoms with van der Waals surface area (Å²) in [6, 6.07) is 1.08. The van der Waals surface area contributed by atoms with Gasteiger partial charge in [0.25, 0.3) is 0 Å². The first-order chi connectivity index (χ1) is 12.8. The topological polar surface area (TPSA) is 116 Å². The molecule has 0 fully saturated rings. The molecule has 0 aliphatic heterocycles. The Kier molecular flexibility index (Phi) is 5.90. The van der Waals surface area contributed by atoms with Crippen molar-refractivity contribution < 1.29 is 14.6 Å². The van der Waals surface area contributed by atoms with Crippen LogP contribution in [0.5, 0.6) is 0 Å². The highest BCUT2D eigenvalue weighted by Gasteiger charge is 2.20. The van der Waals surface area contributed by atoms with Crippen molar-refractivity contribution in [2.24, 2.45) is 0 Å². The molecule has 3 aromatic heterocycles. The summed E-state index contributed by atoms with van der Waals surface area (Å²) in [5.41, 5.74) is 1.48. The molecule has 1 unspecified atom stereocenters. The summed E-state index contributed by atoms with van der Waals surface area (Å²) >= 11 is 1.38. The minimum atomic E-state index is -1.09. The normalized spacial score (nSPS) is 14.9. The molecule has 10 heteroatoms. The number of hydrogen-bond donors (Lipinski definition) is 4. The molecule has 8 nitrogen and oxygen atoms in total. The molecule has 3 atom stereocenters. The second-order valence-corrected chi connectivity index (χ2v) is 7.48. The molecule has 0 saturated carbocycles. The van der Waals surface area contributed by atoms with Gasteiger partial charge < -0.3 is 15.5 Å². The predicted molar refractivity (Wildman–Crippen MR) is 101 cm³/mol. The zero-order chi connectivity index (χ0) is 19.6. The molecular formula is C17H21FN6O2S. The summed E-state index contributed by atoms with van der Waals surface area (Å²) in [6.45, 7) is 5.50. The molecular weight excluding hydrogens is 371 g/mol. The van der Waals surface area contributed by atoms with Crippen LogP contribution in [-0.4, -0.2) is 42.8 Å². The molecule has 0 spiro atoms. The van der Waals surface area contributed by atoms with Crippen molar-refractivity contribution in [3.05, 3.63) is 40.5 Å². The van der Waals surface area contributed by atoms with E-state index in [1.165, 1.54) is 17.4 Å². The molecule has 27 heavy (non-hydrogen) atoms. The standard InChI is InChI=1S/C17H21FN6O2S/c1-8(25)5-20-16(26)13-14-15(22-10(3)27-14)24-17(23-13)21-9(2)11-4-12(18)7-19-6-11/h4,6-9,16,20,25-26H,5H2,1-3H3,(H,21,23,24)/t8-,9+,16?/m1/s1. The summed E-state index contributed by atoms with van der Waals surface area (Å²) in [7, 11) is 0. The van der Waals surface area contributed by atoms with Crippen LogP contribution in [0, 0.1) is 12.7 Å². The van der Waals surface area contributed by atoms with Gasteiger partial charge in [0.15, 0.2) is 5.65 Å². The minimum Gasteiger partial charge on any atom is -0.392 e. The number of anilines is 1. The fourth-order valence-electron chi connectivity index (χ4n) is 2.52. The second kappa shape index (κ2) is 8.17. The van der Waals surface area contributed by atoms with E-state index in [0.29, 0.717) is 21.6 Å². The van der Waals surface area contributed by atoms with Gasteiger partial charge >= 0.3 is 0 Å². The van der Waals surface area contributed by atoms with E-state index in [4.69, 9.17) is 0 Å². The van der Waals surface area contributed by atoms with Gasteiger partial charge in [0.05, 0.1) is 28.1 Å². The van der Waals surface area contributed by atoms with Gasteiger partial charge in [-0.15, -0.1) is 11.3 Å². The summed E-state index contributed by atoms with van der Waals surface area (Å²) < 4.78 is 14.1. The molecule has 144 valence electrons. The Morgan fingerprint density at radius 2 is 1.96 bits per heavy atom. The fourth-order valence-corrected chi connectivity index (χ4v) is 3.39. The number of nitrogens with zero attached hydrogens (tertiary/aromatic N) is 4. The lowest BCUT2D eigenvalue weighted by molar-refractivity contribution is 0.107. The molecule has 0 aromatic carbocycles. The molecule has 0 amide bonds. The van der Waals surface area contributed by atoms with E-state index in [9.17, 15) is 14.6 Å². The summed E-state index contributed by atoms with van der Waals surface area (Å²) in [5, 5.41) is 26.6. The van der Waals surface area contributed by atoms with E-state index >= 15 is 0 Å². The van der Waals surface area contributed by atoms with Crippen molar-refractivity contribution in [2.45, 2.75) is 39.1 Å². The van der Waals surface area contributed by atoms with Crippen molar-refractivity contribution in [3.8, 4) is 0 Å². The number of thiazole rings is 1. The number of aromatic nitrogens is 4. The Morgan fingerprint density at radius 3 is 2.67 bits per heavy atom. The molecule has 3 rings (SSSR count). The number of pyridine rings is 1. The van der Waals surface area contributed by atoms with Gasteiger partial charge in [-0.3, -0.25) is 10.3 Å². The number of aryl methyl sites for hydroxylation is 1. The van der Waals surface area contributed by atoms with Crippen LogP contribution >= 0.6 is 11.3 Å². The molecule has 0 saturated heterocycles. The van der Waals surface area contributed by atoms with Crippen LogP contribution in [0.4, 0.5) is 10.3 Å². The SMILES string of the molecule is Cc1nc2nc(N[C@@H](C)c3cncc(F)c3)nc(C(O)NC[C@@H](C)O)c2s1. The van der Waals surface area contributed by atoms with Crippen molar-refractivity contribution in [1.29, 1.82) is 0 Å². The van der Waals surface area contributed by atoms with E-state index in [1.54, 1.807) is 13.1 Å². The van der Waals surface area contributed by atoms with E-state index < -0.39 is 18.1 Å². The fraction of sp³-hybridized carbons (Fsp3) is 0.412. The monoisotopic (exact) mass is 392 g/mol. The third kappa shape index (κ3) is 4.72. The largest absolute Gasteiger partial charge is 0.392 e. The minimum absolute atomic E-state index is 0.207. The zero-order valence-corrected chi connectivity index (χ0v) is 16.0. The molecule has 3 aromatic rings. The van der Waals surface area contributed by atoms with Crippen molar-refractivity contribution in [2.75, 3.05) is 11.9 Å². The highest BCUT2D eigenvalue weighted by atomic mass is 32.1. The van der Waals surface area contributed by atoms with Crippen LogP contribution in [0.15, 0.2) is 18.5 Å². The van der Waals surface area contributed by atoms with Crippen molar-refractivity contribution >= 4 is 27.6 Å². The smallest absolute Gasteiger partial charge is 0.225 e. The summed E-state index contributed by atoms with van der Waals surface area (Å²) in [5.74, 6) is -0.163. The summed E-state index contributed by atoms with van der Waals surface area (Å²) in [4.78, 5) is 17.0. The van der Waals surface area contributed by atoms with E-state index in [-0.39, 0.29) is 18.5 Å². The number of hydrogen-bond acceptors (Lipinski definition) is 9. The number of fused-ring (bicyclic) bond motifs is 1. The molecule has 3 heterocycles. The zero-order valence-electron chi connectivity index (χ0n) is 15.1. The van der Waals surface area contributed by atoms with Crippen LogP contribution < -0.4 is 10.6 Å². The lowest BCUT2D eigenvalue weighted by Crippen LogP contribution is -2.29. The van der Waals surface area contributed by atoms with Crippen LogP contribution in [0.2, 0.25) is 0 Å². The van der Waals surface area contributed by atoms with Gasteiger partial charge in [-0.1, -0.05) is 0 Å². The van der Waals surface area contributed by atoms with Crippen LogP contribution in [-0.2, 0) is 0 Å². The van der Waals surface area contributed by atoms with Gasteiger partial charge in [-0.25, -0.2) is 14.4 Å². The number of nitrogens with one attached hydrogen (secondary N) is 2. The Bertz CT molecular complexity index is 935. The van der Waals surface area contributed by atoms with E-state index in [1.807, 2.05) is 13.8 Å². The second-order valence-electron chi connectivity index (χ2n) is 6.28. The lowest BCUT2D eigenvalue weighted by Gasteiger charge is -2.17. The van der Waals surface area contributed by atoms with Crippen LogP contribution in [0.1, 0.15) is 42.4 Å². The highest BCUT2D eigenvalue weighted by molar-refractivity contribution is 7.18. The Morgan fingerprint density at radius 1 is 1.19 bits per heavy atom. The maximum Gasteiger partial charge on any atom is 0.225 e. The maximum absolute atomic E-state index is 13.4. The van der Waals surface area contributed by atoms with Crippen molar-refractivity contribution in [3.63, 3.8) is 0 Å². The quantitative estimate of drug-likeness (QED) is 0.452. The Labute approximate surface area is 159 Å². The first-order valence-corrected chi connectivity index (χ1v) is 9.26. The van der Waals surface area contributed by atoms with Gasteiger partial charge in [0.1, 0.15) is 17.7 Å². The molecule has 4 N–H and O–H groups in total. The van der Waals surface area contributed by atoms with Gasteiger partial charge in [0, 0.05) is 12.7 Å². The van der Waals surface area contributed by atoms with Crippen LogP contribution in [0.25, 0.3) is 10.3 Å². The Hall–Kier alpha value is -2.27. The third-order valence-electron chi connectivity index (χ3n) is 3.82. The lowest BCUT2D eigenvalue weighted by atomic mass is 10.1. The van der Waals surface area contributed by atoms with Crippen molar-refractivity contribution in [1.82, 2.24) is 25.3 Å². The molecule has 0 aliphatic carbocycles. The third-order valence-corrected chi connectivity index (χ3v) is 4.81. The van der Waals surface area contributed by atoms with Crippen LogP contribution in [0.3, 0.4) is 0 Å². The maximum atomic E-state index is 13.4. The van der Waals surface area contributed by atoms with Gasteiger partial charge in [-0.05, 0) is 32.4 Å². The number of rotatable bonds is 7. The number of aliphatic hydroxyl groups excluding tert-OH is 2. The average molecular weight is 392 g/mol. The van der Waals surface area contributed by atoms with Gasteiger partial charge in [0.2, 0.25) is 5.95 Å². The number of halogens is 1. The molecule has 0 bridgehead atoms. The number of aliphatic hydroxyl groups is 2. The van der Waals surface area contributed by atoms with E-state index in [0.717, 1.165) is 11.2 Å². The highest BCUT2D eigenvalue weighted by Crippen LogP contribution is 2.28. The molecule has 0 aliphatic rings.